The standard InChI is InChI=1S/Lu.H4O4Si.HO4Si/c;2*1-5(2,3)4/h;1-4H;1H/q+3;;-3. The van der Waals surface area contributed by atoms with Crippen molar-refractivity contribution in [3.63, 3.8) is 0 Å². The van der Waals surface area contributed by atoms with Crippen LogP contribution in [0.2, 0.25) is 0 Å². The van der Waals surface area contributed by atoms with Gasteiger partial charge in [-0.1, -0.05) is 0 Å². The van der Waals surface area contributed by atoms with E-state index in [2.05, 4.69) is 0 Å². The fraction of sp³-hybridized carbons (Fsp3) is 0. The van der Waals surface area contributed by atoms with Crippen molar-refractivity contribution >= 4 is 18.1 Å². The molecular weight excluding hydrogens is 359 g/mol. The van der Waals surface area contributed by atoms with E-state index in [-0.39, 0.29) is 36.9 Å². The number of hydrogen-bond donors (Lipinski definition) is 5. The summed E-state index contributed by atoms with van der Waals surface area (Å²) >= 11 is 0. The van der Waals surface area contributed by atoms with Crippen LogP contribution in [0.5, 0.6) is 0 Å². The molecule has 0 unspecified atom stereocenters. The third-order valence-electron chi connectivity index (χ3n) is 0. The maximum absolute atomic E-state index is 8.69. The molecule has 5 N–H and O–H groups in total. The second-order valence-corrected chi connectivity index (χ2v) is 3.37. The molecule has 0 radical (unpaired) electrons. The van der Waals surface area contributed by atoms with E-state index >= 15 is 0 Å². The minimum atomic E-state index is -5.36. The molecule has 0 aliphatic rings. The molecule has 0 atom stereocenters. The van der Waals surface area contributed by atoms with Crippen LogP contribution in [0.1, 0.15) is 0 Å². The predicted molar refractivity (Wildman–Crippen MR) is 22.6 cm³/mol. The van der Waals surface area contributed by atoms with Crippen LogP contribution in [0.15, 0.2) is 0 Å². The summed E-state index contributed by atoms with van der Waals surface area (Å²) in [5, 5.41) is 0. The summed E-state index contributed by atoms with van der Waals surface area (Å²) in [7, 11) is -9.97. The van der Waals surface area contributed by atoms with E-state index in [1.54, 1.807) is 0 Å². The summed E-state index contributed by atoms with van der Waals surface area (Å²) < 4.78 is 0. The molecule has 0 aliphatic carbocycles. The van der Waals surface area contributed by atoms with Crippen LogP contribution in [0.3, 0.4) is 0 Å². The van der Waals surface area contributed by atoms with Gasteiger partial charge in [0.15, 0.2) is 0 Å². The Kier molecular flexibility index (Phi) is 11.3. The molecule has 0 aromatic carbocycles. The molecule has 0 heterocycles. The molecule has 11 heavy (non-hydrogen) atoms. The van der Waals surface area contributed by atoms with Crippen LogP contribution in [0.4, 0.5) is 0 Å². The molecule has 0 aromatic rings. The zero-order valence-corrected chi connectivity index (χ0v) is 8.38. The molecule has 0 aliphatic heterocycles. The Morgan fingerprint density at radius 2 is 0.727 bits per heavy atom. The maximum Gasteiger partial charge on any atom is 3.00 e. The third kappa shape index (κ3) is 546. The summed E-state index contributed by atoms with van der Waals surface area (Å²) in [6, 6.07) is 0. The first-order valence-electron chi connectivity index (χ1n) is 1.73. The second kappa shape index (κ2) is 6.82. The van der Waals surface area contributed by atoms with Gasteiger partial charge in [-0.2, -0.15) is 0 Å². The average Bonchev–Trinajstić information content (AvgIpc) is 1.12. The van der Waals surface area contributed by atoms with Crippen LogP contribution in [-0.2, 0) is 0 Å². The van der Waals surface area contributed by atoms with Gasteiger partial charge in [0.25, 0.3) is 0 Å². The van der Waals surface area contributed by atoms with Crippen molar-refractivity contribution in [3.05, 3.63) is 0 Å². The second-order valence-electron chi connectivity index (χ2n) is 1.12. The Hall–Kier alpha value is 1.35. The van der Waals surface area contributed by atoms with Gasteiger partial charge in [0.1, 0.15) is 0 Å². The van der Waals surface area contributed by atoms with Crippen LogP contribution in [0, 0.1) is 36.9 Å². The van der Waals surface area contributed by atoms with Crippen LogP contribution in [0.25, 0.3) is 0 Å². The largest absolute Gasteiger partial charge is 3.00 e. The van der Waals surface area contributed by atoms with E-state index in [1.807, 2.05) is 0 Å². The maximum atomic E-state index is 8.69. The van der Waals surface area contributed by atoms with E-state index in [9.17, 15) is 0 Å². The molecule has 0 amide bonds. The summed E-state index contributed by atoms with van der Waals surface area (Å²) in [4.78, 5) is 62.4. The average molecular weight is 364 g/mol. The molecule has 0 bridgehead atoms. The fourth-order valence-corrected chi connectivity index (χ4v) is 0. The first kappa shape index (κ1) is 18.2. The minimum absolute atomic E-state index is 0. The van der Waals surface area contributed by atoms with Gasteiger partial charge in [0.05, 0.1) is 0 Å². The van der Waals surface area contributed by atoms with Crippen molar-refractivity contribution in [3.8, 4) is 0 Å². The zero-order chi connectivity index (χ0) is 9.00. The van der Waals surface area contributed by atoms with Crippen molar-refractivity contribution in [2.24, 2.45) is 0 Å². The summed E-state index contributed by atoms with van der Waals surface area (Å²) in [6.45, 7) is 0. The summed E-state index contributed by atoms with van der Waals surface area (Å²) in [5.74, 6) is 0. The first-order valence-corrected chi connectivity index (χ1v) is 5.19. The van der Waals surface area contributed by atoms with E-state index in [0.29, 0.717) is 0 Å². The minimum Gasteiger partial charge on any atom is -0.861 e. The number of hydrogen-bond acceptors (Lipinski definition) is 8. The van der Waals surface area contributed by atoms with Gasteiger partial charge in [0.2, 0.25) is 0 Å². The molecular formula is H5LuO8Si2. The molecule has 0 spiro atoms. The predicted octanol–water partition coefficient (Wildman–Crippen LogP) is -7.11. The molecule has 0 saturated carbocycles. The van der Waals surface area contributed by atoms with Crippen molar-refractivity contribution in [2.45, 2.75) is 0 Å². The van der Waals surface area contributed by atoms with Crippen molar-refractivity contribution in [2.75, 3.05) is 0 Å². The quantitative estimate of drug-likeness (QED) is 0.264. The zero-order valence-electron chi connectivity index (χ0n) is 4.72. The van der Waals surface area contributed by atoms with Crippen LogP contribution in [-0.4, -0.2) is 42.1 Å². The van der Waals surface area contributed by atoms with Crippen LogP contribution < -0.4 is 14.4 Å². The van der Waals surface area contributed by atoms with Gasteiger partial charge < -0.3 is 38.4 Å². The van der Waals surface area contributed by atoms with E-state index in [1.165, 1.54) is 0 Å². The summed E-state index contributed by atoms with van der Waals surface area (Å²) in [5.41, 5.74) is 0. The Morgan fingerprint density at radius 3 is 0.727 bits per heavy atom. The van der Waals surface area contributed by atoms with Crippen LogP contribution >= 0.6 is 0 Å². The monoisotopic (exact) mass is 364 g/mol. The fourth-order valence-electron chi connectivity index (χ4n) is 0. The van der Waals surface area contributed by atoms with Gasteiger partial charge >= 0.3 is 45.9 Å². The molecule has 76 valence electrons. The van der Waals surface area contributed by atoms with Gasteiger partial charge in [0, 0.05) is 0 Å². The smallest absolute Gasteiger partial charge is 0.861 e. The van der Waals surface area contributed by atoms with Gasteiger partial charge in [-0.25, -0.2) is 0 Å². The van der Waals surface area contributed by atoms with Crippen molar-refractivity contribution in [1.29, 1.82) is 0 Å². The molecule has 8 nitrogen and oxygen atoms in total. The molecule has 0 rings (SSSR count). The molecule has 11 heteroatoms. The topological polar surface area (TPSA) is 170 Å². The molecule has 0 aromatic heterocycles. The molecule has 0 saturated heterocycles. The van der Waals surface area contributed by atoms with E-state index < -0.39 is 18.1 Å². The van der Waals surface area contributed by atoms with Crippen molar-refractivity contribution < 1.29 is 75.2 Å². The Bertz CT molecular complexity index is 55.1. The normalized spacial score (nSPS) is 10.9. The summed E-state index contributed by atoms with van der Waals surface area (Å²) in [6.07, 6.45) is 0. The molecule has 0 fully saturated rings. The Labute approximate surface area is 92.8 Å². The van der Waals surface area contributed by atoms with E-state index in [0.717, 1.165) is 0 Å². The first-order chi connectivity index (χ1) is 4.00. The number of rotatable bonds is 0. The van der Waals surface area contributed by atoms with Gasteiger partial charge in [-0.3, -0.25) is 0 Å². The third-order valence-corrected chi connectivity index (χ3v) is 0. The van der Waals surface area contributed by atoms with Gasteiger partial charge in [-0.05, 0) is 0 Å². The van der Waals surface area contributed by atoms with Crippen molar-refractivity contribution in [1.82, 2.24) is 0 Å². The van der Waals surface area contributed by atoms with E-state index in [4.69, 9.17) is 38.4 Å². The SMILES string of the molecule is O[Si](O)(O)O.[Lu+3].[O-][Si]([O-])([O-])O. The Balaban J connectivity index is -0.000000107. The Morgan fingerprint density at radius 1 is 0.727 bits per heavy atom. The van der Waals surface area contributed by atoms with Gasteiger partial charge in [-0.15, -0.1) is 9.05 Å².